The van der Waals surface area contributed by atoms with Crippen LogP contribution in [0, 0.1) is 5.92 Å². The van der Waals surface area contributed by atoms with E-state index in [1.807, 2.05) is 13.8 Å². The van der Waals surface area contributed by atoms with E-state index in [1.165, 1.54) is 0 Å². The van der Waals surface area contributed by atoms with Crippen LogP contribution in [-0.4, -0.2) is 85.6 Å². The summed E-state index contributed by atoms with van der Waals surface area (Å²) < 4.78 is 8.01. The molecule has 3 rings (SSSR count). The fourth-order valence-electron chi connectivity index (χ4n) is 3.81. The van der Waals surface area contributed by atoms with Crippen LogP contribution < -0.4 is 0 Å². The molecule has 3 atom stereocenters. The summed E-state index contributed by atoms with van der Waals surface area (Å²) in [5.74, 6) is -0.220. The van der Waals surface area contributed by atoms with Crippen molar-refractivity contribution in [2.75, 3.05) is 26.7 Å². The second-order valence-corrected chi connectivity index (χ2v) is 8.38. The Kier molecular flexibility index (Phi) is 8.29. The summed E-state index contributed by atoms with van der Waals surface area (Å²) in [5.41, 5.74) is 1.38. The van der Waals surface area contributed by atoms with E-state index < -0.39 is 0 Å². The largest absolute Gasteiger partial charge is 0.394 e. The van der Waals surface area contributed by atoms with Gasteiger partial charge in [-0.25, -0.2) is 4.68 Å². The fourth-order valence-corrected chi connectivity index (χ4v) is 3.81. The predicted molar refractivity (Wildman–Crippen MR) is 116 cm³/mol. The lowest BCUT2D eigenvalue weighted by molar-refractivity contribution is -0.136. The molecule has 174 valence electrons. The maximum Gasteiger partial charge on any atom is 0.253 e. The van der Waals surface area contributed by atoms with Crippen LogP contribution in [0.15, 0.2) is 30.7 Å². The third kappa shape index (κ3) is 5.89. The summed E-state index contributed by atoms with van der Waals surface area (Å²) in [4.78, 5) is 33.1. The molecule has 2 aromatic rings. The number of hydrogen-bond donors (Lipinski definition) is 1. The predicted octanol–water partition coefficient (Wildman–Crippen LogP) is 0.970. The number of ether oxygens (including phenoxy) is 1. The first kappa shape index (κ1) is 23.8. The molecule has 1 aliphatic heterocycles. The van der Waals surface area contributed by atoms with Crippen LogP contribution in [0.3, 0.4) is 0 Å². The molecule has 1 N–H and O–H groups in total. The second-order valence-electron chi connectivity index (χ2n) is 8.38. The zero-order valence-corrected chi connectivity index (χ0v) is 18.9. The van der Waals surface area contributed by atoms with Crippen molar-refractivity contribution in [2.45, 2.75) is 52.0 Å². The highest BCUT2D eigenvalue weighted by molar-refractivity contribution is 5.93. The van der Waals surface area contributed by atoms with Crippen molar-refractivity contribution in [1.29, 1.82) is 0 Å². The standard InChI is InChI=1S/C22H32N6O4/c1-16-12-27(17(2)14-29)21(30)5-4-10-28-19(11-24-25-28)15-32-20(16)13-26(3)22(31)18-6-8-23-9-7-18/h6-9,11,16-17,20,29H,4-5,10,12-15H2,1-3H3/t16-,17+,20+/m1/s1. The minimum atomic E-state index is -0.338. The normalized spacial score (nSPS) is 21.2. The highest BCUT2D eigenvalue weighted by atomic mass is 16.5. The Bertz CT molecular complexity index is 890. The molecule has 2 aromatic heterocycles. The molecule has 2 amide bonds. The molecule has 32 heavy (non-hydrogen) atoms. The fraction of sp³-hybridized carbons (Fsp3) is 0.591. The van der Waals surface area contributed by atoms with Crippen LogP contribution in [0.25, 0.3) is 0 Å². The molecule has 1 aliphatic rings. The van der Waals surface area contributed by atoms with E-state index in [0.29, 0.717) is 44.6 Å². The van der Waals surface area contributed by atoms with Gasteiger partial charge in [-0.3, -0.25) is 14.6 Å². The smallest absolute Gasteiger partial charge is 0.253 e. The maximum absolute atomic E-state index is 12.9. The maximum atomic E-state index is 12.9. The number of aromatic nitrogens is 4. The van der Waals surface area contributed by atoms with Crippen molar-refractivity contribution in [2.24, 2.45) is 5.92 Å². The number of aliphatic hydroxyl groups excluding tert-OH is 1. The van der Waals surface area contributed by atoms with Gasteiger partial charge in [-0.2, -0.15) is 0 Å². The Balaban J connectivity index is 1.81. The highest BCUT2D eigenvalue weighted by Crippen LogP contribution is 2.18. The molecule has 0 aliphatic carbocycles. The van der Waals surface area contributed by atoms with E-state index in [4.69, 9.17) is 4.74 Å². The molecule has 0 spiro atoms. The average molecular weight is 445 g/mol. The Labute approximate surface area is 188 Å². The molecule has 10 heteroatoms. The monoisotopic (exact) mass is 444 g/mol. The van der Waals surface area contributed by atoms with Crippen molar-refractivity contribution in [3.8, 4) is 0 Å². The number of aryl methyl sites for hydroxylation is 1. The SMILES string of the molecule is C[C@@H]1CN([C@@H](C)CO)C(=O)CCCn2nncc2CO[C@H]1CN(C)C(=O)c1ccncc1. The summed E-state index contributed by atoms with van der Waals surface area (Å²) >= 11 is 0. The van der Waals surface area contributed by atoms with Crippen LogP contribution in [-0.2, 0) is 22.7 Å². The summed E-state index contributed by atoms with van der Waals surface area (Å²) in [7, 11) is 1.74. The van der Waals surface area contributed by atoms with Gasteiger partial charge in [0.2, 0.25) is 5.91 Å². The first-order valence-corrected chi connectivity index (χ1v) is 11.0. The van der Waals surface area contributed by atoms with Crippen molar-refractivity contribution in [3.05, 3.63) is 42.0 Å². The van der Waals surface area contributed by atoms with Crippen molar-refractivity contribution in [3.63, 3.8) is 0 Å². The van der Waals surface area contributed by atoms with Crippen LogP contribution in [0.2, 0.25) is 0 Å². The first-order valence-electron chi connectivity index (χ1n) is 11.0. The summed E-state index contributed by atoms with van der Waals surface area (Å²) in [6.45, 7) is 5.37. The average Bonchev–Trinajstić information content (AvgIpc) is 3.25. The highest BCUT2D eigenvalue weighted by Gasteiger charge is 2.29. The third-order valence-corrected chi connectivity index (χ3v) is 5.87. The van der Waals surface area contributed by atoms with Gasteiger partial charge in [-0.05, 0) is 25.5 Å². The van der Waals surface area contributed by atoms with E-state index in [2.05, 4.69) is 15.3 Å². The first-order chi connectivity index (χ1) is 15.4. The molecule has 0 saturated carbocycles. The Morgan fingerprint density at radius 2 is 2.12 bits per heavy atom. The van der Waals surface area contributed by atoms with Crippen LogP contribution >= 0.6 is 0 Å². The summed E-state index contributed by atoms with van der Waals surface area (Å²) in [6.07, 6.45) is 5.50. The van der Waals surface area contributed by atoms with Gasteiger partial charge in [0.05, 0.1) is 37.3 Å². The van der Waals surface area contributed by atoms with Gasteiger partial charge in [0.25, 0.3) is 5.91 Å². The summed E-state index contributed by atoms with van der Waals surface area (Å²) in [6, 6.07) is 3.06. The van der Waals surface area contributed by atoms with Crippen LogP contribution in [0.5, 0.6) is 0 Å². The molecular formula is C22H32N6O4. The third-order valence-electron chi connectivity index (χ3n) is 5.87. The minimum Gasteiger partial charge on any atom is -0.394 e. The number of nitrogens with zero attached hydrogens (tertiary/aromatic N) is 6. The van der Waals surface area contributed by atoms with Gasteiger partial charge >= 0.3 is 0 Å². The van der Waals surface area contributed by atoms with Gasteiger partial charge in [0.1, 0.15) is 0 Å². The molecule has 0 saturated heterocycles. The van der Waals surface area contributed by atoms with Crippen molar-refractivity contribution >= 4 is 11.8 Å². The molecular weight excluding hydrogens is 412 g/mol. The Hall–Kier alpha value is -2.85. The lowest BCUT2D eigenvalue weighted by Gasteiger charge is -2.35. The molecule has 0 unspecified atom stereocenters. The van der Waals surface area contributed by atoms with Crippen LogP contribution in [0.4, 0.5) is 0 Å². The zero-order chi connectivity index (χ0) is 23.1. The van der Waals surface area contributed by atoms with E-state index in [0.717, 1.165) is 5.69 Å². The molecule has 0 bridgehead atoms. The number of carbonyl (C=O) groups excluding carboxylic acids is 2. The van der Waals surface area contributed by atoms with Crippen molar-refractivity contribution < 1.29 is 19.4 Å². The zero-order valence-electron chi connectivity index (χ0n) is 18.9. The van der Waals surface area contributed by atoms with Gasteiger partial charge in [-0.1, -0.05) is 12.1 Å². The number of hydrogen-bond acceptors (Lipinski definition) is 7. The quantitative estimate of drug-likeness (QED) is 0.731. The second kappa shape index (κ2) is 11.1. The lowest BCUT2D eigenvalue weighted by atomic mass is 10.0. The number of carbonyl (C=O) groups is 2. The van der Waals surface area contributed by atoms with E-state index in [1.54, 1.807) is 52.3 Å². The number of pyridine rings is 1. The van der Waals surface area contributed by atoms with E-state index in [9.17, 15) is 14.7 Å². The number of amides is 2. The topological polar surface area (TPSA) is 114 Å². The van der Waals surface area contributed by atoms with Crippen LogP contribution in [0.1, 0.15) is 42.7 Å². The minimum absolute atomic E-state index is 0.0133. The molecule has 0 fully saturated rings. The van der Waals surface area contributed by atoms with Gasteiger partial charge in [-0.15, -0.1) is 5.10 Å². The number of likely N-dealkylation sites (N-methyl/N-ethyl adjacent to an activating group) is 1. The molecule has 3 heterocycles. The summed E-state index contributed by atoms with van der Waals surface area (Å²) in [5, 5.41) is 17.8. The number of fused-ring (bicyclic) bond motifs is 1. The van der Waals surface area contributed by atoms with Gasteiger partial charge in [0.15, 0.2) is 0 Å². The lowest BCUT2D eigenvalue weighted by Crippen LogP contribution is -2.48. The Morgan fingerprint density at radius 3 is 2.84 bits per heavy atom. The molecule has 0 radical (unpaired) electrons. The van der Waals surface area contributed by atoms with Gasteiger partial charge < -0.3 is 19.6 Å². The van der Waals surface area contributed by atoms with E-state index >= 15 is 0 Å². The van der Waals surface area contributed by atoms with Crippen molar-refractivity contribution in [1.82, 2.24) is 29.8 Å². The van der Waals surface area contributed by atoms with Gasteiger partial charge in [0, 0.05) is 57.0 Å². The Morgan fingerprint density at radius 1 is 1.38 bits per heavy atom. The van der Waals surface area contributed by atoms with E-state index in [-0.39, 0.29) is 36.5 Å². The molecule has 10 nitrogen and oxygen atoms in total. The number of rotatable bonds is 5. The molecule has 0 aromatic carbocycles. The number of aliphatic hydroxyl groups is 1.